The Kier molecular flexibility index (Phi) is 4.25. The molecule has 0 amide bonds. The fourth-order valence-corrected chi connectivity index (χ4v) is 3.10. The first-order valence-electron chi connectivity index (χ1n) is 7.73. The Balaban J connectivity index is 2.04. The van der Waals surface area contributed by atoms with Gasteiger partial charge in [-0.3, -0.25) is 0 Å². The maximum atomic E-state index is 5.33. The van der Waals surface area contributed by atoms with Gasteiger partial charge in [0.05, 0.1) is 7.11 Å². The number of nitrogens with zero attached hydrogens (tertiary/aromatic N) is 2. The number of nitrogens with one attached hydrogen (secondary N) is 1. The van der Waals surface area contributed by atoms with Crippen molar-refractivity contribution < 1.29 is 4.74 Å². The zero-order chi connectivity index (χ0) is 14.7. The van der Waals surface area contributed by atoms with Crippen molar-refractivity contribution in [3.8, 4) is 5.75 Å². The van der Waals surface area contributed by atoms with Crippen LogP contribution < -0.4 is 15.0 Å². The normalized spacial score (nSPS) is 18.1. The third-order valence-corrected chi connectivity index (χ3v) is 4.16. The second kappa shape index (κ2) is 6.31. The number of rotatable bonds is 5. The first-order valence-corrected chi connectivity index (χ1v) is 7.73. The summed E-state index contributed by atoms with van der Waals surface area (Å²) in [4.78, 5) is 7.15. The van der Waals surface area contributed by atoms with Gasteiger partial charge in [-0.05, 0) is 49.0 Å². The van der Waals surface area contributed by atoms with Gasteiger partial charge in [-0.15, -0.1) is 0 Å². The van der Waals surface area contributed by atoms with Gasteiger partial charge in [0.15, 0.2) is 0 Å². The molecule has 4 heteroatoms. The quantitative estimate of drug-likeness (QED) is 0.916. The summed E-state index contributed by atoms with van der Waals surface area (Å²) in [7, 11) is 1.71. The van der Waals surface area contributed by atoms with Gasteiger partial charge < -0.3 is 15.0 Å². The maximum absolute atomic E-state index is 5.33. The number of pyridine rings is 1. The third-order valence-electron chi connectivity index (χ3n) is 4.16. The number of anilines is 1. The van der Waals surface area contributed by atoms with Gasteiger partial charge in [0.2, 0.25) is 0 Å². The first-order chi connectivity index (χ1) is 10.3. The molecule has 1 aromatic carbocycles. The molecule has 0 spiro atoms. The van der Waals surface area contributed by atoms with Gasteiger partial charge in [-0.25, -0.2) is 4.98 Å². The van der Waals surface area contributed by atoms with E-state index < -0.39 is 0 Å². The number of ether oxygens (including phenoxy) is 1. The molecule has 1 fully saturated rings. The van der Waals surface area contributed by atoms with Crippen molar-refractivity contribution in [1.29, 1.82) is 0 Å². The summed E-state index contributed by atoms with van der Waals surface area (Å²) in [6.45, 7) is 5.42. The maximum Gasteiger partial charge on any atom is 0.136 e. The predicted octanol–water partition coefficient (Wildman–Crippen LogP) is 2.82. The van der Waals surface area contributed by atoms with E-state index in [2.05, 4.69) is 40.3 Å². The minimum absolute atomic E-state index is 0.546. The molecule has 0 radical (unpaired) electrons. The number of hydrogen-bond donors (Lipinski definition) is 1. The predicted molar refractivity (Wildman–Crippen MR) is 87.2 cm³/mol. The molecule has 4 nitrogen and oxygen atoms in total. The zero-order valence-electron chi connectivity index (χ0n) is 12.8. The number of aromatic nitrogens is 1. The molecule has 1 unspecified atom stereocenters. The summed E-state index contributed by atoms with van der Waals surface area (Å²) >= 11 is 0. The molecule has 1 aliphatic heterocycles. The number of fused-ring (bicyclic) bond motifs is 1. The van der Waals surface area contributed by atoms with Crippen LogP contribution in [0, 0.1) is 0 Å². The Bertz CT molecular complexity index is 608. The highest BCUT2D eigenvalue weighted by Crippen LogP contribution is 2.29. The summed E-state index contributed by atoms with van der Waals surface area (Å²) < 4.78 is 5.33. The lowest BCUT2D eigenvalue weighted by atomic mass is 10.1. The Morgan fingerprint density at radius 1 is 1.38 bits per heavy atom. The molecule has 3 rings (SSSR count). The molecule has 1 saturated heterocycles. The Morgan fingerprint density at radius 2 is 2.29 bits per heavy atom. The summed E-state index contributed by atoms with van der Waals surface area (Å²) in [6.07, 6.45) is 4.22. The van der Waals surface area contributed by atoms with Crippen molar-refractivity contribution in [1.82, 2.24) is 10.3 Å². The Labute approximate surface area is 126 Å². The van der Waals surface area contributed by atoms with Gasteiger partial charge in [0.1, 0.15) is 11.6 Å². The fraction of sp³-hybridized carbons (Fsp3) is 0.471. The van der Waals surface area contributed by atoms with E-state index in [4.69, 9.17) is 4.74 Å². The molecule has 1 N–H and O–H groups in total. The van der Waals surface area contributed by atoms with E-state index in [1.165, 1.54) is 17.2 Å². The second-order valence-electron chi connectivity index (χ2n) is 5.56. The topological polar surface area (TPSA) is 37.4 Å². The van der Waals surface area contributed by atoms with Crippen LogP contribution in [-0.2, 0) is 0 Å². The molecule has 1 aromatic heterocycles. The average molecular weight is 285 g/mol. The van der Waals surface area contributed by atoms with E-state index in [0.29, 0.717) is 6.04 Å². The van der Waals surface area contributed by atoms with Crippen molar-refractivity contribution >= 4 is 16.6 Å². The summed E-state index contributed by atoms with van der Waals surface area (Å²) in [5, 5.41) is 5.85. The van der Waals surface area contributed by atoms with Crippen LogP contribution in [0.15, 0.2) is 30.5 Å². The average Bonchev–Trinajstić information content (AvgIpc) is 3.05. The molecule has 2 heterocycles. The number of methoxy groups -OCH3 is 1. The van der Waals surface area contributed by atoms with Crippen LogP contribution >= 0.6 is 0 Å². The van der Waals surface area contributed by atoms with E-state index in [1.54, 1.807) is 7.11 Å². The molecule has 21 heavy (non-hydrogen) atoms. The van der Waals surface area contributed by atoms with Crippen molar-refractivity contribution in [3.63, 3.8) is 0 Å². The molecular weight excluding hydrogens is 262 g/mol. The van der Waals surface area contributed by atoms with Gasteiger partial charge in [-0.1, -0.05) is 6.92 Å². The summed E-state index contributed by atoms with van der Waals surface area (Å²) in [5.74, 6) is 2.00. The Hall–Kier alpha value is -1.81. The minimum Gasteiger partial charge on any atom is -0.497 e. The first kappa shape index (κ1) is 14.1. The van der Waals surface area contributed by atoms with Gasteiger partial charge in [0, 0.05) is 30.7 Å². The van der Waals surface area contributed by atoms with Crippen LogP contribution in [0.25, 0.3) is 10.8 Å². The molecule has 112 valence electrons. The molecular formula is C17H23N3O. The fourth-order valence-electron chi connectivity index (χ4n) is 3.10. The molecule has 2 aromatic rings. The molecule has 0 bridgehead atoms. The van der Waals surface area contributed by atoms with Crippen LogP contribution in [0.5, 0.6) is 5.75 Å². The van der Waals surface area contributed by atoms with Crippen LogP contribution in [0.3, 0.4) is 0 Å². The summed E-state index contributed by atoms with van der Waals surface area (Å²) in [5.41, 5.74) is 0. The summed E-state index contributed by atoms with van der Waals surface area (Å²) in [6, 6.07) is 8.83. The third kappa shape index (κ3) is 2.81. The lowest BCUT2D eigenvalue weighted by molar-refractivity contribution is 0.415. The largest absolute Gasteiger partial charge is 0.497 e. The molecule has 1 aliphatic rings. The lowest BCUT2D eigenvalue weighted by Crippen LogP contribution is -2.38. The van der Waals surface area contributed by atoms with Crippen LogP contribution in [0.1, 0.15) is 19.8 Å². The minimum atomic E-state index is 0.546. The monoisotopic (exact) mass is 285 g/mol. The van der Waals surface area contributed by atoms with Gasteiger partial charge >= 0.3 is 0 Å². The van der Waals surface area contributed by atoms with Crippen molar-refractivity contribution in [2.75, 3.05) is 31.6 Å². The van der Waals surface area contributed by atoms with Gasteiger partial charge in [-0.2, -0.15) is 0 Å². The van der Waals surface area contributed by atoms with E-state index in [0.717, 1.165) is 37.6 Å². The highest BCUT2D eigenvalue weighted by Gasteiger charge is 2.24. The highest BCUT2D eigenvalue weighted by atomic mass is 16.5. The molecule has 0 aliphatic carbocycles. The molecule has 0 saturated carbocycles. The Morgan fingerprint density at radius 3 is 3.00 bits per heavy atom. The van der Waals surface area contributed by atoms with Crippen molar-refractivity contribution in [2.45, 2.75) is 25.8 Å². The zero-order valence-corrected chi connectivity index (χ0v) is 12.8. The number of hydrogen-bond acceptors (Lipinski definition) is 4. The lowest BCUT2D eigenvalue weighted by Gasteiger charge is -2.30. The highest BCUT2D eigenvalue weighted by molar-refractivity contribution is 5.93. The van der Waals surface area contributed by atoms with E-state index in [1.807, 2.05) is 12.3 Å². The van der Waals surface area contributed by atoms with E-state index in [9.17, 15) is 0 Å². The second-order valence-corrected chi connectivity index (χ2v) is 5.56. The van der Waals surface area contributed by atoms with Crippen LogP contribution in [0.4, 0.5) is 5.82 Å². The van der Waals surface area contributed by atoms with Crippen LogP contribution in [0.2, 0.25) is 0 Å². The van der Waals surface area contributed by atoms with Gasteiger partial charge in [0.25, 0.3) is 0 Å². The van der Waals surface area contributed by atoms with Crippen molar-refractivity contribution in [3.05, 3.63) is 30.5 Å². The van der Waals surface area contributed by atoms with Crippen molar-refractivity contribution in [2.24, 2.45) is 0 Å². The van der Waals surface area contributed by atoms with E-state index in [-0.39, 0.29) is 0 Å². The standard InChI is InChI=1S/C17H23N3O/c1-3-10-20(14-7-8-18-12-14)17-16-5-4-15(21-2)11-13(16)6-9-19-17/h4-6,9,11,14,18H,3,7-8,10,12H2,1-2H3. The molecule has 1 atom stereocenters. The van der Waals surface area contributed by atoms with E-state index >= 15 is 0 Å². The smallest absolute Gasteiger partial charge is 0.136 e. The number of benzene rings is 1. The SMILES string of the molecule is CCCN(c1nccc2cc(OC)ccc12)C1CCNC1. The van der Waals surface area contributed by atoms with Crippen LogP contribution in [-0.4, -0.2) is 37.8 Å².